The van der Waals surface area contributed by atoms with Gasteiger partial charge in [-0.15, -0.1) is 0 Å². The molecule has 0 aromatic heterocycles. The number of amides is 2. The van der Waals surface area contributed by atoms with Crippen LogP contribution in [0.15, 0.2) is 11.6 Å². The summed E-state index contributed by atoms with van der Waals surface area (Å²) >= 11 is 0. The maximum atomic E-state index is 11.4. The Morgan fingerprint density at radius 1 is 1.38 bits per heavy atom. The van der Waals surface area contributed by atoms with Crippen LogP contribution < -0.4 is 0 Å². The van der Waals surface area contributed by atoms with Gasteiger partial charge in [-0.05, 0) is 20.3 Å². The molecule has 1 N–H and O–H groups in total. The van der Waals surface area contributed by atoms with Crippen molar-refractivity contribution in [2.45, 2.75) is 33.6 Å². The number of hydrogen-bond donors (Lipinski definition) is 1. The van der Waals surface area contributed by atoms with E-state index in [1.165, 1.54) is 0 Å². The van der Waals surface area contributed by atoms with E-state index in [0.717, 1.165) is 18.4 Å². The zero-order valence-electron chi connectivity index (χ0n) is 10.0. The molecule has 0 aliphatic rings. The summed E-state index contributed by atoms with van der Waals surface area (Å²) in [6.07, 6.45) is 1.20. The predicted molar refractivity (Wildman–Crippen MR) is 60.4 cm³/mol. The molecule has 0 heterocycles. The summed E-state index contributed by atoms with van der Waals surface area (Å²) in [6.45, 7) is 5.92. The van der Waals surface area contributed by atoms with Gasteiger partial charge < -0.3 is 9.84 Å². The summed E-state index contributed by atoms with van der Waals surface area (Å²) in [5, 5.41) is 8.81. The Hall–Kier alpha value is -1.52. The van der Waals surface area contributed by atoms with E-state index in [2.05, 4.69) is 0 Å². The molecule has 0 spiro atoms. The molecule has 0 fully saturated rings. The van der Waals surface area contributed by atoms with Gasteiger partial charge in [-0.25, -0.2) is 14.5 Å². The largest absolute Gasteiger partial charge is 0.465 e. The van der Waals surface area contributed by atoms with Crippen LogP contribution in [0, 0.1) is 0 Å². The molecule has 0 radical (unpaired) electrons. The van der Waals surface area contributed by atoms with E-state index < -0.39 is 12.2 Å². The Balaban J connectivity index is 4.25. The summed E-state index contributed by atoms with van der Waals surface area (Å²) < 4.78 is 4.82. The van der Waals surface area contributed by atoms with Gasteiger partial charge in [0.05, 0.1) is 13.2 Å². The fraction of sp³-hybridized carbons (Fsp3) is 0.636. The van der Waals surface area contributed by atoms with Crippen LogP contribution in [0.3, 0.4) is 0 Å². The number of carbonyl (C=O) groups excluding carboxylic acids is 1. The van der Waals surface area contributed by atoms with Gasteiger partial charge in [0.25, 0.3) is 0 Å². The molecular formula is C11H19NO4. The Morgan fingerprint density at radius 3 is 2.44 bits per heavy atom. The second-order valence-corrected chi connectivity index (χ2v) is 3.64. The molecule has 0 saturated heterocycles. The standard InChI is InChI=1S/C11H19NO4/c1-4-5-8-16-11(15)12(10(13)14)7-6-9(2)3/h6H,4-5,7-8H2,1-3H3,(H,13,14). The van der Waals surface area contributed by atoms with Crippen molar-refractivity contribution < 1.29 is 19.4 Å². The monoisotopic (exact) mass is 229 g/mol. The SMILES string of the molecule is CCCCOC(=O)N(CC=C(C)C)C(=O)O. The maximum absolute atomic E-state index is 11.4. The highest BCUT2D eigenvalue weighted by Gasteiger charge is 2.20. The molecule has 0 atom stereocenters. The third kappa shape index (κ3) is 6.06. The van der Waals surface area contributed by atoms with Crippen LogP contribution in [-0.4, -0.2) is 35.3 Å². The van der Waals surface area contributed by atoms with Crippen molar-refractivity contribution in [1.82, 2.24) is 4.90 Å². The normalized spacial score (nSPS) is 9.44. The van der Waals surface area contributed by atoms with Crippen molar-refractivity contribution in [2.24, 2.45) is 0 Å². The number of ether oxygens (including phenoxy) is 1. The Morgan fingerprint density at radius 2 is 2.00 bits per heavy atom. The minimum atomic E-state index is -1.29. The molecule has 0 aliphatic carbocycles. The number of nitrogens with zero attached hydrogens (tertiary/aromatic N) is 1. The molecular weight excluding hydrogens is 210 g/mol. The summed E-state index contributed by atoms with van der Waals surface area (Å²) in [5.74, 6) is 0. The van der Waals surface area contributed by atoms with Gasteiger partial charge in [-0.3, -0.25) is 0 Å². The van der Waals surface area contributed by atoms with E-state index in [0.29, 0.717) is 4.90 Å². The first-order chi connectivity index (χ1) is 7.49. The van der Waals surface area contributed by atoms with Crippen molar-refractivity contribution >= 4 is 12.2 Å². The number of imide groups is 1. The van der Waals surface area contributed by atoms with Crippen LogP contribution in [-0.2, 0) is 4.74 Å². The number of carbonyl (C=O) groups is 2. The maximum Gasteiger partial charge on any atom is 0.419 e. The predicted octanol–water partition coefficient (Wildman–Crippen LogP) is 2.87. The van der Waals surface area contributed by atoms with Crippen molar-refractivity contribution in [2.75, 3.05) is 13.2 Å². The smallest absolute Gasteiger partial charge is 0.419 e. The fourth-order valence-electron chi connectivity index (χ4n) is 0.886. The van der Waals surface area contributed by atoms with Crippen LogP contribution >= 0.6 is 0 Å². The fourth-order valence-corrected chi connectivity index (χ4v) is 0.886. The number of rotatable bonds is 5. The number of allylic oxidation sites excluding steroid dienone is 1. The minimum absolute atomic E-state index is 0.0304. The van der Waals surface area contributed by atoms with Gasteiger partial charge in [0.1, 0.15) is 0 Å². The average molecular weight is 229 g/mol. The first-order valence-electron chi connectivity index (χ1n) is 5.29. The van der Waals surface area contributed by atoms with E-state index in [4.69, 9.17) is 9.84 Å². The molecule has 5 heteroatoms. The van der Waals surface area contributed by atoms with Crippen molar-refractivity contribution in [3.05, 3.63) is 11.6 Å². The lowest BCUT2D eigenvalue weighted by Gasteiger charge is -2.15. The summed E-state index contributed by atoms with van der Waals surface area (Å²) in [4.78, 5) is 22.8. The van der Waals surface area contributed by atoms with Crippen molar-refractivity contribution in [3.63, 3.8) is 0 Å². The lowest BCUT2D eigenvalue weighted by atomic mass is 10.3. The van der Waals surface area contributed by atoms with E-state index in [-0.39, 0.29) is 13.2 Å². The Kier molecular flexibility index (Phi) is 7.00. The zero-order chi connectivity index (χ0) is 12.6. The average Bonchev–Trinajstić information content (AvgIpc) is 2.17. The number of carboxylic acid groups (broad SMARTS) is 1. The number of hydrogen-bond acceptors (Lipinski definition) is 3. The highest BCUT2D eigenvalue weighted by Crippen LogP contribution is 2.00. The van der Waals surface area contributed by atoms with Gasteiger partial charge in [-0.2, -0.15) is 0 Å². The topological polar surface area (TPSA) is 66.8 Å². The molecule has 0 unspecified atom stereocenters. The van der Waals surface area contributed by atoms with E-state index in [9.17, 15) is 9.59 Å². The van der Waals surface area contributed by atoms with Crippen LogP contribution in [0.1, 0.15) is 33.6 Å². The first kappa shape index (κ1) is 14.5. The quantitative estimate of drug-likeness (QED) is 0.581. The van der Waals surface area contributed by atoms with Crippen LogP contribution in [0.4, 0.5) is 9.59 Å². The van der Waals surface area contributed by atoms with Crippen LogP contribution in [0.2, 0.25) is 0 Å². The molecule has 0 rings (SSSR count). The third-order valence-electron chi connectivity index (χ3n) is 1.86. The summed E-state index contributed by atoms with van der Waals surface area (Å²) in [5.41, 5.74) is 0.951. The Bertz CT molecular complexity index is 269. The van der Waals surface area contributed by atoms with Gasteiger partial charge in [0, 0.05) is 0 Å². The molecule has 92 valence electrons. The van der Waals surface area contributed by atoms with Gasteiger partial charge in [0.2, 0.25) is 0 Å². The van der Waals surface area contributed by atoms with E-state index in [1.807, 2.05) is 20.8 Å². The highest BCUT2D eigenvalue weighted by molar-refractivity contribution is 5.86. The molecule has 0 aliphatic heterocycles. The molecule has 16 heavy (non-hydrogen) atoms. The molecule has 0 aromatic rings. The van der Waals surface area contributed by atoms with Crippen molar-refractivity contribution in [1.29, 1.82) is 0 Å². The lowest BCUT2D eigenvalue weighted by molar-refractivity contribution is 0.0971. The number of unbranched alkanes of at least 4 members (excludes halogenated alkanes) is 1. The van der Waals surface area contributed by atoms with Crippen LogP contribution in [0.5, 0.6) is 0 Å². The zero-order valence-corrected chi connectivity index (χ0v) is 10.0. The summed E-state index contributed by atoms with van der Waals surface area (Å²) in [7, 11) is 0. The second kappa shape index (κ2) is 7.73. The third-order valence-corrected chi connectivity index (χ3v) is 1.86. The molecule has 5 nitrogen and oxygen atoms in total. The highest BCUT2D eigenvalue weighted by atomic mass is 16.6. The van der Waals surface area contributed by atoms with Crippen molar-refractivity contribution in [3.8, 4) is 0 Å². The molecule has 0 saturated carbocycles. The molecule has 0 aromatic carbocycles. The Labute approximate surface area is 95.7 Å². The van der Waals surface area contributed by atoms with Crippen LogP contribution in [0.25, 0.3) is 0 Å². The van der Waals surface area contributed by atoms with E-state index >= 15 is 0 Å². The van der Waals surface area contributed by atoms with Gasteiger partial charge >= 0.3 is 12.2 Å². The minimum Gasteiger partial charge on any atom is -0.465 e. The lowest BCUT2D eigenvalue weighted by Crippen LogP contribution is -2.36. The second-order valence-electron chi connectivity index (χ2n) is 3.64. The van der Waals surface area contributed by atoms with E-state index in [1.54, 1.807) is 6.08 Å². The first-order valence-corrected chi connectivity index (χ1v) is 5.29. The molecule has 0 bridgehead atoms. The summed E-state index contributed by atoms with van der Waals surface area (Å²) in [6, 6.07) is 0. The van der Waals surface area contributed by atoms with Gasteiger partial charge in [-0.1, -0.05) is 25.0 Å². The molecule has 2 amide bonds. The van der Waals surface area contributed by atoms with Gasteiger partial charge in [0.15, 0.2) is 0 Å².